The van der Waals surface area contributed by atoms with Gasteiger partial charge in [0, 0.05) is 31.7 Å². The van der Waals surface area contributed by atoms with Gasteiger partial charge in [-0.25, -0.2) is 0 Å². The van der Waals surface area contributed by atoms with Gasteiger partial charge in [0.1, 0.15) is 0 Å². The molecule has 0 spiro atoms. The fourth-order valence-electron chi connectivity index (χ4n) is 2.90. The molecule has 4 nitrogen and oxygen atoms in total. The Labute approximate surface area is 104 Å². The first-order valence-electron chi connectivity index (χ1n) is 6.92. The molecule has 2 fully saturated rings. The Hall–Kier alpha value is -0.610. The van der Waals surface area contributed by atoms with Crippen molar-refractivity contribution >= 4 is 5.91 Å². The number of amides is 1. The maximum Gasteiger partial charge on any atom is 0.236 e. The quantitative estimate of drug-likeness (QED) is 0.770. The second kappa shape index (κ2) is 5.83. The van der Waals surface area contributed by atoms with E-state index >= 15 is 0 Å². The highest BCUT2D eigenvalue weighted by molar-refractivity contribution is 5.78. The Morgan fingerprint density at radius 1 is 1.24 bits per heavy atom. The van der Waals surface area contributed by atoms with Crippen LogP contribution in [-0.2, 0) is 4.79 Å². The molecule has 0 aliphatic carbocycles. The molecule has 2 rings (SSSR count). The zero-order valence-corrected chi connectivity index (χ0v) is 11.1. The molecule has 1 N–H and O–H groups in total. The summed E-state index contributed by atoms with van der Waals surface area (Å²) in [6, 6.07) is 1.12. The minimum Gasteiger partial charge on any atom is -0.338 e. The topological polar surface area (TPSA) is 35.6 Å². The molecule has 0 aromatic carbocycles. The Morgan fingerprint density at radius 2 is 1.94 bits per heavy atom. The molecule has 17 heavy (non-hydrogen) atoms. The van der Waals surface area contributed by atoms with Crippen LogP contribution in [0, 0.1) is 0 Å². The molecule has 0 radical (unpaired) electrons. The molecular formula is C13H25N3O. The van der Waals surface area contributed by atoms with E-state index in [9.17, 15) is 4.79 Å². The van der Waals surface area contributed by atoms with E-state index < -0.39 is 0 Å². The molecule has 2 aliphatic rings. The molecule has 1 amide bonds. The summed E-state index contributed by atoms with van der Waals surface area (Å²) in [5.74, 6) is 0.297. The Balaban J connectivity index is 1.88. The molecule has 0 atom stereocenters. The second-order valence-corrected chi connectivity index (χ2v) is 5.48. The molecule has 0 bridgehead atoms. The largest absolute Gasteiger partial charge is 0.338 e. The predicted molar refractivity (Wildman–Crippen MR) is 68.9 cm³/mol. The lowest BCUT2D eigenvalue weighted by atomic mass is 10.0. The third-order valence-corrected chi connectivity index (χ3v) is 4.02. The van der Waals surface area contributed by atoms with Crippen molar-refractivity contribution in [1.82, 2.24) is 15.1 Å². The van der Waals surface area contributed by atoms with Crippen molar-refractivity contribution < 1.29 is 4.79 Å². The number of carbonyl (C=O) groups excluding carboxylic acids is 1. The predicted octanol–water partition coefficient (Wildman–Crippen LogP) is 0.681. The molecule has 0 saturated carbocycles. The number of nitrogens with one attached hydrogen (secondary N) is 1. The fourth-order valence-corrected chi connectivity index (χ4v) is 2.90. The van der Waals surface area contributed by atoms with E-state index in [1.807, 2.05) is 0 Å². The molecule has 0 unspecified atom stereocenters. The number of likely N-dealkylation sites (tertiary alicyclic amines) is 1. The zero-order valence-electron chi connectivity index (χ0n) is 11.1. The van der Waals surface area contributed by atoms with Crippen LogP contribution in [0.1, 0.15) is 33.1 Å². The normalized spacial score (nSPS) is 25.4. The summed E-state index contributed by atoms with van der Waals surface area (Å²) in [5.41, 5.74) is 0. The molecular weight excluding hydrogens is 214 g/mol. The first-order chi connectivity index (χ1) is 8.18. The maximum absolute atomic E-state index is 12.0. The van der Waals surface area contributed by atoms with Gasteiger partial charge in [0.25, 0.3) is 0 Å². The van der Waals surface area contributed by atoms with Gasteiger partial charge in [-0.05, 0) is 39.7 Å². The highest BCUT2D eigenvalue weighted by atomic mass is 16.2. The highest BCUT2D eigenvalue weighted by Crippen LogP contribution is 2.19. The number of hydrogen-bond acceptors (Lipinski definition) is 3. The van der Waals surface area contributed by atoms with Crippen molar-refractivity contribution in [2.45, 2.75) is 45.2 Å². The van der Waals surface area contributed by atoms with Crippen LogP contribution >= 0.6 is 0 Å². The number of piperidine rings is 1. The van der Waals surface area contributed by atoms with Crippen LogP contribution in [0.5, 0.6) is 0 Å². The number of rotatable bonds is 2. The minimum absolute atomic E-state index is 0.297. The van der Waals surface area contributed by atoms with Crippen molar-refractivity contribution in [3.63, 3.8) is 0 Å². The molecule has 0 aromatic rings. The molecule has 4 heteroatoms. The van der Waals surface area contributed by atoms with Crippen LogP contribution in [0.15, 0.2) is 0 Å². The van der Waals surface area contributed by atoms with Gasteiger partial charge in [-0.3, -0.25) is 4.79 Å². The average Bonchev–Trinajstić information content (AvgIpc) is 2.54. The second-order valence-electron chi connectivity index (χ2n) is 5.48. The number of carbonyl (C=O) groups is 1. The van der Waals surface area contributed by atoms with Crippen molar-refractivity contribution in [1.29, 1.82) is 0 Å². The Morgan fingerprint density at radius 3 is 2.59 bits per heavy atom. The zero-order chi connectivity index (χ0) is 12.3. The molecule has 2 aliphatic heterocycles. The Bertz CT molecular complexity index is 259. The summed E-state index contributed by atoms with van der Waals surface area (Å²) < 4.78 is 0. The summed E-state index contributed by atoms with van der Waals surface area (Å²) in [7, 11) is 0. The highest BCUT2D eigenvalue weighted by Gasteiger charge is 2.28. The van der Waals surface area contributed by atoms with Gasteiger partial charge in [0.05, 0.1) is 6.54 Å². The van der Waals surface area contributed by atoms with Crippen LogP contribution in [0.4, 0.5) is 0 Å². The monoisotopic (exact) mass is 239 g/mol. The first-order valence-corrected chi connectivity index (χ1v) is 6.92. The molecule has 98 valence electrons. The number of nitrogens with zero attached hydrogens (tertiary/aromatic N) is 2. The van der Waals surface area contributed by atoms with Crippen molar-refractivity contribution in [2.24, 2.45) is 0 Å². The van der Waals surface area contributed by atoms with Crippen LogP contribution in [0.2, 0.25) is 0 Å². The van der Waals surface area contributed by atoms with Crippen LogP contribution in [0.3, 0.4) is 0 Å². The smallest absolute Gasteiger partial charge is 0.236 e. The lowest BCUT2D eigenvalue weighted by molar-refractivity contribution is -0.132. The summed E-state index contributed by atoms with van der Waals surface area (Å²) >= 11 is 0. The van der Waals surface area contributed by atoms with Gasteiger partial charge in [0.2, 0.25) is 5.91 Å². The fraction of sp³-hybridized carbons (Fsp3) is 0.923. The van der Waals surface area contributed by atoms with E-state index in [1.54, 1.807) is 0 Å². The van der Waals surface area contributed by atoms with Gasteiger partial charge in [0.15, 0.2) is 0 Å². The summed E-state index contributed by atoms with van der Waals surface area (Å²) in [4.78, 5) is 16.6. The molecule has 2 saturated heterocycles. The summed E-state index contributed by atoms with van der Waals surface area (Å²) in [5, 5.41) is 3.19. The van der Waals surface area contributed by atoms with E-state index in [1.165, 1.54) is 0 Å². The van der Waals surface area contributed by atoms with Gasteiger partial charge >= 0.3 is 0 Å². The standard InChI is InChI=1S/C13H25N3O/c1-11(2)15-8-4-12(5-9-15)16-7-3-6-14-10-13(16)17/h11-12,14H,3-10H2,1-2H3. The minimum atomic E-state index is 0.297. The molecule has 0 aromatic heterocycles. The van der Waals surface area contributed by atoms with Gasteiger partial charge < -0.3 is 15.1 Å². The lowest BCUT2D eigenvalue weighted by Gasteiger charge is -2.39. The van der Waals surface area contributed by atoms with E-state index in [-0.39, 0.29) is 0 Å². The third kappa shape index (κ3) is 3.19. The number of hydrogen-bond donors (Lipinski definition) is 1. The lowest BCUT2D eigenvalue weighted by Crippen LogP contribution is -2.49. The van der Waals surface area contributed by atoms with E-state index in [2.05, 4.69) is 29.0 Å². The van der Waals surface area contributed by atoms with Gasteiger partial charge in [-0.2, -0.15) is 0 Å². The van der Waals surface area contributed by atoms with E-state index in [4.69, 9.17) is 0 Å². The van der Waals surface area contributed by atoms with Crippen LogP contribution < -0.4 is 5.32 Å². The van der Waals surface area contributed by atoms with Crippen molar-refractivity contribution in [2.75, 3.05) is 32.7 Å². The third-order valence-electron chi connectivity index (χ3n) is 4.02. The van der Waals surface area contributed by atoms with Crippen molar-refractivity contribution in [3.8, 4) is 0 Å². The van der Waals surface area contributed by atoms with Crippen molar-refractivity contribution in [3.05, 3.63) is 0 Å². The van der Waals surface area contributed by atoms with Gasteiger partial charge in [-0.15, -0.1) is 0 Å². The molecule has 2 heterocycles. The van der Waals surface area contributed by atoms with E-state index in [0.717, 1.165) is 45.4 Å². The SMILES string of the molecule is CC(C)N1CCC(N2CCCNCC2=O)CC1. The van der Waals surface area contributed by atoms with Crippen LogP contribution in [0.25, 0.3) is 0 Å². The first kappa shape index (κ1) is 12.8. The maximum atomic E-state index is 12.0. The van der Waals surface area contributed by atoms with E-state index in [0.29, 0.717) is 24.5 Å². The Kier molecular flexibility index (Phi) is 4.40. The average molecular weight is 239 g/mol. The van der Waals surface area contributed by atoms with Crippen LogP contribution in [-0.4, -0.2) is 60.5 Å². The summed E-state index contributed by atoms with van der Waals surface area (Å²) in [6.07, 6.45) is 3.38. The summed E-state index contributed by atoms with van der Waals surface area (Å²) in [6.45, 7) is 9.23. The van der Waals surface area contributed by atoms with Gasteiger partial charge in [-0.1, -0.05) is 0 Å².